The van der Waals surface area contributed by atoms with Gasteiger partial charge >= 0.3 is 6.18 Å². The second kappa shape index (κ2) is 6.47. The molecule has 1 aromatic carbocycles. The molecule has 0 aliphatic carbocycles. The molecule has 0 bridgehead atoms. The minimum atomic E-state index is -4.66. The second-order valence-corrected chi connectivity index (χ2v) is 5.37. The van der Waals surface area contributed by atoms with Crippen LogP contribution in [-0.4, -0.2) is 30.7 Å². The summed E-state index contributed by atoms with van der Waals surface area (Å²) in [5.41, 5.74) is 0.0560. The lowest BCUT2D eigenvalue weighted by Gasteiger charge is -2.16. The van der Waals surface area contributed by atoms with Crippen molar-refractivity contribution in [2.75, 3.05) is 26.1 Å². The summed E-state index contributed by atoms with van der Waals surface area (Å²) < 4.78 is 49.6. The van der Waals surface area contributed by atoms with Crippen molar-refractivity contribution < 1.29 is 22.6 Å². The van der Waals surface area contributed by atoms with E-state index in [0.29, 0.717) is 17.7 Å². The van der Waals surface area contributed by atoms with Crippen LogP contribution in [0.3, 0.4) is 0 Å². The van der Waals surface area contributed by atoms with Gasteiger partial charge in [0.15, 0.2) is 11.5 Å². The Hall–Kier alpha value is -2.25. The molecule has 1 heterocycles. The summed E-state index contributed by atoms with van der Waals surface area (Å²) in [5.74, 6) is -0.401. The number of nitrogens with zero attached hydrogens (tertiary/aromatic N) is 2. The maximum Gasteiger partial charge on any atom is 0.451 e. The normalized spacial score (nSPS) is 11.8. The fourth-order valence-corrected chi connectivity index (χ4v) is 2.07. The summed E-state index contributed by atoms with van der Waals surface area (Å²) in [4.78, 5) is 7.26. The number of ether oxygens (including phenoxy) is 2. The van der Waals surface area contributed by atoms with Crippen LogP contribution in [0.25, 0.3) is 10.9 Å². The van der Waals surface area contributed by atoms with Gasteiger partial charge in [0, 0.05) is 11.9 Å². The van der Waals surface area contributed by atoms with Crippen molar-refractivity contribution >= 4 is 16.7 Å². The summed E-state index contributed by atoms with van der Waals surface area (Å²) in [6.45, 7) is 4.38. The summed E-state index contributed by atoms with van der Waals surface area (Å²) >= 11 is 0. The summed E-state index contributed by atoms with van der Waals surface area (Å²) in [6.07, 6.45) is -4.66. The highest BCUT2D eigenvalue weighted by atomic mass is 19.4. The number of methoxy groups -OCH3 is 2. The van der Waals surface area contributed by atoms with Gasteiger partial charge in [-0.05, 0) is 18.1 Å². The highest BCUT2D eigenvalue weighted by molar-refractivity contribution is 5.95. The van der Waals surface area contributed by atoms with Crippen molar-refractivity contribution in [2.45, 2.75) is 20.0 Å². The number of alkyl halides is 3. The summed E-state index contributed by atoms with van der Waals surface area (Å²) in [5, 5.41) is 3.38. The maximum atomic E-state index is 13.1. The van der Waals surface area contributed by atoms with Gasteiger partial charge in [-0.15, -0.1) is 0 Å². The van der Waals surface area contributed by atoms with E-state index in [1.54, 1.807) is 12.1 Å². The van der Waals surface area contributed by atoms with Crippen molar-refractivity contribution in [3.05, 3.63) is 18.0 Å². The fourth-order valence-electron chi connectivity index (χ4n) is 2.07. The molecule has 1 aromatic heterocycles. The minimum absolute atomic E-state index is 0.0560. The SMILES string of the molecule is COc1ccc2c(NCC(C)C)nc(C(F)(F)F)nc2c1OC. The molecule has 0 fully saturated rings. The molecule has 23 heavy (non-hydrogen) atoms. The first-order chi connectivity index (χ1) is 10.8. The van der Waals surface area contributed by atoms with Gasteiger partial charge in [-0.2, -0.15) is 13.2 Å². The van der Waals surface area contributed by atoms with Gasteiger partial charge in [0.25, 0.3) is 0 Å². The van der Waals surface area contributed by atoms with Crippen LogP contribution in [0.15, 0.2) is 12.1 Å². The molecular weight excluding hydrogens is 311 g/mol. The Labute approximate surface area is 131 Å². The number of rotatable bonds is 5. The van der Waals surface area contributed by atoms with Crippen molar-refractivity contribution in [3.63, 3.8) is 0 Å². The van der Waals surface area contributed by atoms with E-state index >= 15 is 0 Å². The van der Waals surface area contributed by atoms with Crippen LogP contribution in [0.1, 0.15) is 19.7 Å². The zero-order valence-electron chi connectivity index (χ0n) is 13.3. The zero-order chi connectivity index (χ0) is 17.2. The average molecular weight is 329 g/mol. The second-order valence-electron chi connectivity index (χ2n) is 5.37. The number of hydrogen-bond donors (Lipinski definition) is 1. The van der Waals surface area contributed by atoms with Crippen molar-refractivity contribution in [3.8, 4) is 11.5 Å². The summed E-state index contributed by atoms with van der Waals surface area (Å²) in [6, 6.07) is 3.22. The van der Waals surface area contributed by atoms with Crippen LogP contribution >= 0.6 is 0 Å². The molecule has 2 rings (SSSR count). The molecule has 8 heteroatoms. The molecule has 0 saturated carbocycles. The molecular formula is C15H18F3N3O2. The van der Waals surface area contributed by atoms with E-state index in [2.05, 4.69) is 15.3 Å². The van der Waals surface area contributed by atoms with E-state index in [-0.39, 0.29) is 23.0 Å². The van der Waals surface area contributed by atoms with Crippen molar-refractivity contribution in [2.24, 2.45) is 5.92 Å². The van der Waals surface area contributed by atoms with Gasteiger partial charge in [0.2, 0.25) is 5.82 Å². The molecule has 0 radical (unpaired) electrons. The third-order valence-corrected chi connectivity index (χ3v) is 3.14. The molecule has 126 valence electrons. The molecule has 0 saturated heterocycles. The number of hydrogen-bond acceptors (Lipinski definition) is 5. The summed E-state index contributed by atoms with van der Waals surface area (Å²) in [7, 11) is 2.77. The maximum absolute atomic E-state index is 13.1. The van der Waals surface area contributed by atoms with Gasteiger partial charge in [-0.3, -0.25) is 0 Å². The Morgan fingerprint density at radius 1 is 1.13 bits per heavy atom. The molecule has 0 unspecified atom stereocenters. The van der Waals surface area contributed by atoms with Crippen LogP contribution in [0.2, 0.25) is 0 Å². The first-order valence-electron chi connectivity index (χ1n) is 7.01. The molecule has 1 N–H and O–H groups in total. The Morgan fingerprint density at radius 3 is 2.35 bits per heavy atom. The first-order valence-corrected chi connectivity index (χ1v) is 7.01. The Bertz CT molecular complexity index is 702. The van der Waals surface area contributed by atoms with Crippen LogP contribution in [-0.2, 0) is 6.18 Å². The molecule has 0 amide bonds. The highest BCUT2D eigenvalue weighted by Gasteiger charge is 2.36. The van der Waals surface area contributed by atoms with Crippen molar-refractivity contribution in [1.29, 1.82) is 0 Å². The van der Waals surface area contributed by atoms with Crippen LogP contribution in [0.4, 0.5) is 19.0 Å². The smallest absolute Gasteiger partial charge is 0.451 e. The molecule has 0 aliphatic rings. The zero-order valence-corrected chi connectivity index (χ0v) is 13.3. The van der Waals surface area contributed by atoms with Gasteiger partial charge < -0.3 is 14.8 Å². The standard InChI is InChI=1S/C15H18F3N3O2/c1-8(2)7-19-13-9-5-6-10(22-3)12(23-4)11(9)20-14(21-13)15(16,17)18/h5-6,8H,7H2,1-4H3,(H,19,20,21). The Morgan fingerprint density at radius 2 is 1.83 bits per heavy atom. The molecule has 2 aromatic rings. The Balaban J connectivity index is 2.72. The van der Waals surface area contributed by atoms with E-state index in [4.69, 9.17) is 9.47 Å². The lowest BCUT2D eigenvalue weighted by molar-refractivity contribution is -0.144. The van der Waals surface area contributed by atoms with E-state index in [0.717, 1.165) is 0 Å². The Kier molecular flexibility index (Phi) is 4.82. The van der Waals surface area contributed by atoms with E-state index in [9.17, 15) is 13.2 Å². The lowest BCUT2D eigenvalue weighted by atomic mass is 10.1. The molecule has 0 atom stereocenters. The number of anilines is 1. The largest absolute Gasteiger partial charge is 0.493 e. The van der Waals surface area contributed by atoms with Gasteiger partial charge in [-0.25, -0.2) is 9.97 Å². The molecule has 0 aliphatic heterocycles. The lowest BCUT2D eigenvalue weighted by Crippen LogP contribution is -2.16. The quantitative estimate of drug-likeness (QED) is 0.906. The van der Waals surface area contributed by atoms with Gasteiger partial charge in [0.1, 0.15) is 11.3 Å². The monoisotopic (exact) mass is 329 g/mol. The topological polar surface area (TPSA) is 56.3 Å². The van der Waals surface area contributed by atoms with Crippen molar-refractivity contribution in [1.82, 2.24) is 9.97 Å². The van der Waals surface area contributed by atoms with E-state index in [1.165, 1.54) is 14.2 Å². The molecule has 0 spiro atoms. The fraction of sp³-hybridized carbons (Fsp3) is 0.467. The third kappa shape index (κ3) is 3.57. The number of benzene rings is 1. The number of halogens is 3. The number of nitrogens with one attached hydrogen (secondary N) is 1. The van der Waals surface area contributed by atoms with E-state index < -0.39 is 12.0 Å². The van der Waals surface area contributed by atoms with Gasteiger partial charge in [0.05, 0.1) is 14.2 Å². The first kappa shape index (κ1) is 17.1. The minimum Gasteiger partial charge on any atom is -0.493 e. The van der Waals surface area contributed by atoms with Crippen LogP contribution in [0.5, 0.6) is 11.5 Å². The average Bonchev–Trinajstić information content (AvgIpc) is 2.49. The third-order valence-electron chi connectivity index (χ3n) is 3.14. The highest BCUT2D eigenvalue weighted by Crippen LogP contribution is 2.38. The predicted octanol–water partition coefficient (Wildman–Crippen LogP) is 3.73. The van der Waals surface area contributed by atoms with Gasteiger partial charge in [-0.1, -0.05) is 13.8 Å². The van der Waals surface area contributed by atoms with E-state index in [1.807, 2.05) is 13.8 Å². The van der Waals surface area contributed by atoms with Crippen LogP contribution in [0, 0.1) is 5.92 Å². The number of aromatic nitrogens is 2. The number of fused-ring (bicyclic) bond motifs is 1. The van der Waals surface area contributed by atoms with Crippen LogP contribution < -0.4 is 14.8 Å². The predicted molar refractivity (Wildman–Crippen MR) is 81.0 cm³/mol. The molecule has 5 nitrogen and oxygen atoms in total.